The summed E-state index contributed by atoms with van der Waals surface area (Å²) < 4.78 is 10.9. The van der Waals surface area contributed by atoms with Gasteiger partial charge < -0.3 is 14.1 Å². The number of rotatable bonds is 3. The van der Waals surface area contributed by atoms with Crippen molar-refractivity contribution in [2.75, 3.05) is 6.61 Å². The highest BCUT2D eigenvalue weighted by Crippen LogP contribution is 2.26. The molecule has 0 saturated carbocycles. The minimum Gasteiger partial charge on any atom is -0.478 e. The predicted octanol–water partition coefficient (Wildman–Crippen LogP) is 3.23. The zero-order chi connectivity index (χ0) is 13.4. The highest BCUT2D eigenvalue weighted by atomic mass is 16.5. The molecule has 3 aromatic rings. The number of nitrogens with one attached hydrogen (secondary N) is 1. The second-order valence-corrected chi connectivity index (χ2v) is 4.37. The van der Waals surface area contributed by atoms with Crippen LogP contribution >= 0.6 is 0 Å². The average Bonchev–Trinajstić information content (AvgIpc) is 2.92. The third kappa shape index (κ3) is 2.07. The molecule has 0 radical (unpaired) electrons. The fourth-order valence-corrected chi connectivity index (χ4v) is 2.10. The zero-order valence-electron chi connectivity index (χ0n) is 11.2. The van der Waals surface area contributed by atoms with Crippen molar-refractivity contribution >= 4 is 11.2 Å². The van der Waals surface area contributed by atoms with Crippen molar-refractivity contribution in [2.45, 2.75) is 20.8 Å². The van der Waals surface area contributed by atoms with Crippen molar-refractivity contribution in [1.82, 2.24) is 15.0 Å². The topological polar surface area (TPSA) is 63.9 Å². The van der Waals surface area contributed by atoms with Crippen molar-refractivity contribution in [2.24, 2.45) is 0 Å². The molecule has 0 aliphatic rings. The van der Waals surface area contributed by atoms with E-state index in [1.54, 1.807) is 0 Å². The van der Waals surface area contributed by atoms with Crippen molar-refractivity contribution in [1.29, 1.82) is 0 Å². The van der Waals surface area contributed by atoms with Crippen LogP contribution in [0.3, 0.4) is 0 Å². The van der Waals surface area contributed by atoms with Crippen LogP contribution in [0.2, 0.25) is 0 Å². The van der Waals surface area contributed by atoms with Gasteiger partial charge in [-0.2, -0.15) is 4.98 Å². The third-order valence-corrected chi connectivity index (χ3v) is 2.91. The molecule has 0 atom stereocenters. The van der Waals surface area contributed by atoms with Gasteiger partial charge in [0.05, 0.1) is 17.7 Å². The molecule has 5 nitrogen and oxygen atoms in total. The Balaban J connectivity index is 2.08. The third-order valence-electron chi connectivity index (χ3n) is 2.91. The minimum atomic E-state index is 0.591. The standard InChI is InChI=1S/C14H15N3O2/c1-4-18-12-6-5-11-14(16-12)17-13(15-11)10-7-8(2)19-9(10)3/h5-7H,4H2,1-3H3,(H,15,16,17). The molecule has 0 spiro atoms. The molecule has 0 amide bonds. The van der Waals surface area contributed by atoms with Gasteiger partial charge in [0, 0.05) is 6.07 Å². The van der Waals surface area contributed by atoms with Crippen LogP contribution in [0.4, 0.5) is 0 Å². The first-order valence-corrected chi connectivity index (χ1v) is 6.24. The molecule has 0 aliphatic heterocycles. The summed E-state index contributed by atoms with van der Waals surface area (Å²) >= 11 is 0. The highest BCUT2D eigenvalue weighted by Gasteiger charge is 2.12. The molecule has 3 rings (SSSR count). The number of H-pyrrole nitrogens is 1. The molecule has 3 heterocycles. The van der Waals surface area contributed by atoms with Crippen molar-refractivity contribution in [3.05, 3.63) is 29.7 Å². The van der Waals surface area contributed by atoms with Gasteiger partial charge in [0.25, 0.3) is 0 Å². The van der Waals surface area contributed by atoms with E-state index in [9.17, 15) is 0 Å². The van der Waals surface area contributed by atoms with Gasteiger partial charge in [-0.15, -0.1) is 0 Å². The Labute approximate surface area is 110 Å². The lowest BCUT2D eigenvalue weighted by Crippen LogP contribution is -1.93. The largest absolute Gasteiger partial charge is 0.478 e. The number of fused-ring (bicyclic) bond motifs is 1. The number of aryl methyl sites for hydroxylation is 2. The lowest BCUT2D eigenvalue weighted by Gasteiger charge is -1.99. The summed E-state index contributed by atoms with van der Waals surface area (Å²) in [5.74, 6) is 3.08. The van der Waals surface area contributed by atoms with Crippen molar-refractivity contribution in [3.8, 4) is 17.3 Å². The van der Waals surface area contributed by atoms with Crippen LogP contribution in [0.5, 0.6) is 5.88 Å². The summed E-state index contributed by atoms with van der Waals surface area (Å²) in [6, 6.07) is 5.73. The van der Waals surface area contributed by atoms with Gasteiger partial charge in [0.2, 0.25) is 5.88 Å². The van der Waals surface area contributed by atoms with E-state index in [-0.39, 0.29) is 0 Å². The van der Waals surface area contributed by atoms with Crippen molar-refractivity contribution < 1.29 is 9.15 Å². The monoisotopic (exact) mass is 257 g/mol. The van der Waals surface area contributed by atoms with Crippen LogP contribution in [0.15, 0.2) is 22.6 Å². The second-order valence-electron chi connectivity index (χ2n) is 4.37. The van der Waals surface area contributed by atoms with E-state index in [1.807, 2.05) is 39.0 Å². The van der Waals surface area contributed by atoms with Crippen molar-refractivity contribution in [3.63, 3.8) is 0 Å². The molecule has 19 heavy (non-hydrogen) atoms. The number of pyridine rings is 1. The number of aromatic nitrogens is 3. The quantitative estimate of drug-likeness (QED) is 0.782. The number of imidazole rings is 1. The van der Waals surface area contributed by atoms with Gasteiger partial charge in [0.1, 0.15) is 17.3 Å². The first-order valence-electron chi connectivity index (χ1n) is 6.24. The van der Waals surface area contributed by atoms with E-state index in [0.29, 0.717) is 18.1 Å². The van der Waals surface area contributed by atoms with Gasteiger partial charge >= 0.3 is 0 Å². The number of hydrogen-bond donors (Lipinski definition) is 1. The zero-order valence-corrected chi connectivity index (χ0v) is 11.2. The van der Waals surface area contributed by atoms with Crippen LogP contribution in [-0.2, 0) is 0 Å². The van der Waals surface area contributed by atoms with E-state index < -0.39 is 0 Å². The van der Waals surface area contributed by atoms with E-state index in [1.165, 1.54) is 0 Å². The summed E-state index contributed by atoms with van der Waals surface area (Å²) in [6.45, 7) is 6.37. The molecular formula is C14H15N3O2. The van der Waals surface area contributed by atoms with Crippen LogP contribution < -0.4 is 4.74 Å². The van der Waals surface area contributed by atoms with Crippen LogP contribution in [0.25, 0.3) is 22.6 Å². The molecule has 0 bridgehead atoms. The molecule has 5 heteroatoms. The Morgan fingerprint density at radius 2 is 2.11 bits per heavy atom. The molecular weight excluding hydrogens is 242 g/mol. The molecule has 0 aliphatic carbocycles. The predicted molar refractivity (Wildman–Crippen MR) is 72.2 cm³/mol. The summed E-state index contributed by atoms with van der Waals surface area (Å²) in [5.41, 5.74) is 2.50. The number of ether oxygens (including phenoxy) is 1. The summed E-state index contributed by atoms with van der Waals surface area (Å²) in [4.78, 5) is 12.1. The summed E-state index contributed by atoms with van der Waals surface area (Å²) in [7, 11) is 0. The minimum absolute atomic E-state index is 0.591. The van der Waals surface area contributed by atoms with E-state index in [2.05, 4.69) is 15.0 Å². The summed E-state index contributed by atoms with van der Waals surface area (Å²) in [5, 5.41) is 0. The first kappa shape index (κ1) is 11.8. The fraction of sp³-hybridized carbons (Fsp3) is 0.286. The maximum absolute atomic E-state index is 5.52. The number of aromatic amines is 1. The lowest BCUT2D eigenvalue weighted by atomic mass is 10.2. The van der Waals surface area contributed by atoms with Crippen LogP contribution in [-0.4, -0.2) is 21.6 Å². The Hall–Kier alpha value is -2.30. The average molecular weight is 257 g/mol. The Morgan fingerprint density at radius 3 is 2.79 bits per heavy atom. The lowest BCUT2D eigenvalue weighted by molar-refractivity contribution is 0.328. The van der Waals surface area contributed by atoms with Gasteiger partial charge in [-0.25, -0.2) is 4.98 Å². The van der Waals surface area contributed by atoms with Gasteiger partial charge in [0.15, 0.2) is 5.65 Å². The Morgan fingerprint density at radius 1 is 1.26 bits per heavy atom. The molecule has 0 unspecified atom stereocenters. The highest BCUT2D eigenvalue weighted by molar-refractivity contribution is 5.76. The molecule has 98 valence electrons. The number of hydrogen-bond acceptors (Lipinski definition) is 4. The normalized spacial score (nSPS) is 11.1. The van der Waals surface area contributed by atoms with E-state index in [4.69, 9.17) is 9.15 Å². The van der Waals surface area contributed by atoms with Gasteiger partial charge in [-0.3, -0.25) is 0 Å². The molecule has 3 aromatic heterocycles. The molecule has 0 fully saturated rings. The maximum Gasteiger partial charge on any atom is 0.215 e. The second kappa shape index (κ2) is 4.42. The number of furan rings is 1. The van der Waals surface area contributed by atoms with Gasteiger partial charge in [-0.1, -0.05) is 0 Å². The maximum atomic E-state index is 5.52. The SMILES string of the molecule is CCOc1ccc2[nH]c(-c3cc(C)oc3C)nc2n1. The van der Waals surface area contributed by atoms with Crippen LogP contribution in [0, 0.1) is 13.8 Å². The Kier molecular flexibility index (Phi) is 2.74. The van der Waals surface area contributed by atoms with Crippen LogP contribution in [0.1, 0.15) is 18.4 Å². The van der Waals surface area contributed by atoms with Gasteiger partial charge in [-0.05, 0) is 32.9 Å². The smallest absolute Gasteiger partial charge is 0.215 e. The fourth-order valence-electron chi connectivity index (χ4n) is 2.10. The molecule has 1 N–H and O–H groups in total. The van der Waals surface area contributed by atoms with E-state index >= 15 is 0 Å². The van der Waals surface area contributed by atoms with E-state index in [0.717, 1.165) is 28.4 Å². The molecule has 0 saturated heterocycles. The summed E-state index contributed by atoms with van der Waals surface area (Å²) in [6.07, 6.45) is 0. The first-order chi connectivity index (χ1) is 9.17. The number of nitrogens with zero attached hydrogens (tertiary/aromatic N) is 2. The molecule has 0 aromatic carbocycles. The Bertz CT molecular complexity index is 727.